The third-order valence-electron chi connectivity index (χ3n) is 12.0. The highest BCUT2D eigenvalue weighted by Gasteiger charge is 2.19. The van der Waals surface area contributed by atoms with Crippen LogP contribution < -0.4 is 0 Å². The second-order valence-electron chi connectivity index (χ2n) is 18.5. The SMILES string of the molecule is CCCCC/C=C\C/C=C\C/C=C\CCCCCCC(=O)OC[C@H](COC(=O)CCCCCCC/C=C\CCCCCCCC)OC(=O)CCCCCCC/C=C\CCCCCCCC. The summed E-state index contributed by atoms with van der Waals surface area (Å²) in [5, 5.41) is 0. The number of ether oxygens (including phenoxy) is 3. The predicted molar refractivity (Wildman–Crippen MR) is 279 cm³/mol. The van der Waals surface area contributed by atoms with Crippen molar-refractivity contribution >= 4 is 17.9 Å². The van der Waals surface area contributed by atoms with Crippen LogP contribution in [0.3, 0.4) is 0 Å². The number of esters is 3. The summed E-state index contributed by atoms with van der Waals surface area (Å²) < 4.78 is 16.8. The Hall–Kier alpha value is -2.89. The van der Waals surface area contributed by atoms with Gasteiger partial charge in [0.25, 0.3) is 0 Å². The molecular weight excluding hydrogens is 805 g/mol. The van der Waals surface area contributed by atoms with Gasteiger partial charge in [0.15, 0.2) is 6.10 Å². The Labute approximate surface area is 402 Å². The molecule has 0 saturated heterocycles. The molecule has 0 spiro atoms. The number of unbranched alkanes of at least 4 members (excludes halogenated alkanes) is 29. The molecule has 0 aliphatic carbocycles. The van der Waals surface area contributed by atoms with Crippen LogP contribution in [-0.4, -0.2) is 37.2 Å². The van der Waals surface area contributed by atoms with Crippen molar-refractivity contribution in [3.05, 3.63) is 60.8 Å². The van der Waals surface area contributed by atoms with E-state index in [-0.39, 0.29) is 31.1 Å². The first-order chi connectivity index (χ1) is 32.0. The topological polar surface area (TPSA) is 78.9 Å². The maximum absolute atomic E-state index is 12.8. The Balaban J connectivity index is 4.44. The monoisotopic (exact) mass is 909 g/mol. The summed E-state index contributed by atoms with van der Waals surface area (Å²) in [5.74, 6) is -0.919. The molecule has 0 N–H and O–H groups in total. The number of hydrogen-bond acceptors (Lipinski definition) is 6. The smallest absolute Gasteiger partial charge is 0.306 e. The van der Waals surface area contributed by atoms with E-state index in [1.165, 1.54) is 135 Å². The standard InChI is InChI=1S/C59H104O6/c1-4-7-10-13-16-19-22-25-28-29-32-34-37-40-43-46-49-52-58(61)64-55-56(65-59(62)53-50-47-44-41-38-35-31-27-24-21-18-15-12-9-6-3)54-63-57(60)51-48-45-42-39-36-33-30-26-23-20-17-14-11-8-5-2/h16,19,25-28,30-32,34,56H,4-15,17-18,20-24,29,33,35-55H2,1-3H3/b19-16-,28-25-,30-26-,31-27-,34-32-/t56-/m0/s1. The molecule has 65 heavy (non-hydrogen) atoms. The van der Waals surface area contributed by atoms with Crippen molar-refractivity contribution in [2.75, 3.05) is 13.2 Å². The zero-order chi connectivity index (χ0) is 47.2. The molecule has 0 heterocycles. The summed E-state index contributed by atoms with van der Waals surface area (Å²) in [5.41, 5.74) is 0. The molecule has 0 aliphatic heterocycles. The maximum atomic E-state index is 12.8. The Morgan fingerprint density at radius 1 is 0.308 bits per heavy atom. The van der Waals surface area contributed by atoms with E-state index in [2.05, 4.69) is 81.5 Å². The first-order valence-corrected chi connectivity index (χ1v) is 27.8. The van der Waals surface area contributed by atoms with Crippen molar-refractivity contribution in [2.24, 2.45) is 0 Å². The number of hydrogen-bond donors (Lipinski definition) is 0. The van der Waals surface area contributed by atoms with Crippen LogP contribution >= 0.6 is 0 Å². The van der Waals surface area contributed by atoms with Crippen LogP contribution in [0, 0.1) is 0 Å². The van der Waals surface area contributed by atoms with Gasteiger partial charge in [0.05, 0.1) is 0 Å². The lowest BCUT2D eigenvalue weighted by Crippen LogP contribution is -2.30. The Morgan fingerprint density at radius 3 is 0.908 bits per heavy atom. The lowest BCUT2D eigenvalue weighted by Gasteiger charge is -2.18. The summed E-state index contributed by atoms with van der Waals surface area (Å²) in [4.78, 5) is 38.1. The van der Waals surface area contributed by atoms with Crippen LogP contribution in [0.4, 0.5) is 0 Å². The lowest BCUT2D eigenvalue weighted by molar-refractivity contribution is -0.167. The second-order valence-corrected chi connectivity index (χ2v) is 18.5. The van der Waals surface area contributed by atoms with Gasteiger partial charge in [0, 0.05) is 19.3 Å². The van der Waals surface area contributed by atoms with Crippen molar-refractivity contribution in [1.82, 2.24) is 0 Å². The van der Waals surface area contributed by atoms with Crippen LogP contribution in [0.15, 0.2) is 60.8 Å². The quantitative estimate of drug-likeness (QED) is 0.0262. The first kappa shape index (κ1) is 62.1. The largest absolute Gasteiger partial charge is 0.462 e. The van der Waals surface area contributed by atoms with E-state index in [0.717, 1.165) is 103 Å². The van der Waals surface area contributed by atoms with Crippen LogP contribution in [-0.2, 0) is 28.6 Å². The Bertz CT molecular complexity index is 1180. The van der Waals surface area contributed by atoms with Crippen LogP contribution in [0.1, 0.15) is 278 Å². The first-order valence-electron chi connectivity index (χ1n) is 27.8. The minimum absolute atomic E-state index is 0.0885. The van der Waals surface area contributed by atoms with Gasteiger partial charge in [-0.15, -0.1) is 0 Å². The average Bonchev–Trinajstić information content (AvgIpc) is 3.30. The van der Waals surface area contributed by atoms with Gasteiger partial charge in [0.1, 0.15) is 13.2 Å². The van der Waals surface area contributed by atoms with E-state index in [0.29, 0.717) is 19.3 Å². The van der Waals surface area contributed by atoms with E-state index < -0.39 is 6.10 Å². The summed E-state index contributed by atoms with van der Waals surface area (Å²) in [7, 11) is 0. The van der Waals surface area contributed by atoms with Gasteiger partial charge in [0.2, 0.25) is 0 Å². The van der Waals surface area contributed by atoms with Crippen molar-refractivity contribution in [2.45, 2.75) is 284 Å². The molecule has 0 aromatic carbocycles. The normalized spacial score (nSPS) is 12.5. The zero-order valence-electron chi connectivity index (χ0n) is 43.0. The highest BCUT2D eigenvalue weighted by atomic mass is 16.6. The fraction of sp³-hybridized carbons (Fsp3) is 0.780. The van der Waals surface area contributed by atoms with E-state index >= 15 is 0 Å². The molecule has 1 atom stereocenters. The Kier molecular flexibility index (Phi) is 51.3. The summed E-state index contributed by atoms with van der Waals surface area (Å²) in [6.45, 7) is 6.58. The molecule has 0 bridgehead atoms. The number of carbonyl (C=O) groups excluding carboxylic acids is 3. The number of rotatable bonds is 50. The van der Waals surface area contributed by atoms with Gasteiger partial charge < -0.3 is 14.2 Å². The van der Waals surface area contributed by atoms with Crippen molar-refractivity contribution in [3.8, 4) is 0 Å². The third-order valence-corrected chi connectivity index (χ3v) is 12.0. The summed E-state index contributed by atoms with van der Waals surface area (Å²) >= 11 is 0. The zero-order valence-corrected chi connectivity index (χ0v) is 43.0. The molecular formula is C59H104O6. The predicted octanol–water partition coefficient (Wildman–Crippen LogP) is 18.4. The van der Waals surface area contributed by atoms with Crippen molar-refractivity contribution in [3.63, 3.8) is 0 Å². The van der Waals surface area contributed by atoms with Gasteiger partial charge in [-0.05, 0) is 109 Å². The van der Waals surface area contributed by atoms with Crippen LogP contribution in [0.25, 0.3) is 0 Å². The molecule has 0 aliphatic rings. The average molecular weight is 909 g/mol. The molecule has 0 aromatic rings. The van der Waals surface area contributed by atoms with E-state index in [9.17, 15) is 14.4 Å². The van der Waals surface area contributed by atoms with Gasteiger partial charge in [-0.25, -0.2) is 0 Å². The number of allylic oxidation sites excluding steroid dienone is 10. The minimum atomic E-state index is -0.790. The summed E-state index contributed by atoms with van der Waals surface area (Å²) in [6.07, 6.45) is 66.3. The van der Waals surface area contributed by atoms with Gasteiger partial charge in [-0.1, -0.05) is 210 Å². The molecule has 6 nitrogen and oxygen atoms in total. The van der Waals surface area contributed by atoms with Crippen LogP contribution in [0.2, 0.25) is 0 Å². The molecule has 0 unspecified atom stereocenters. The van der Waals surface area contributed by atoms with Crippen molar-refractivity contribution < 1.29 is 28.6 Å². The van der Waals surface area contributed by atoms with E-state index in [4.69, 9.17) is 14.2 Å². The van der Waals surface area contributed by atoms with E-state index in [1.54, 1.807) is 0 Å². The van der Waals surface area contributed by atoms with Gasteiger partial charge >= 0.3 is 17.9 Å². The molecule has 0 amide bonds. The fourth-order valence-corrected chi connectivity index (χ4v) is 7.73. The summed E-state index contributed by atoms with van der Waals surface area (Å²) in [6, 6.07) is 0. The highest BCUT2D eigenvalue weighted by Crippen LogP contribution is 2.14. The lowest BCUT2D eigenvalue weighted by atomic mass is 10.1. The third kappa shape index (κ3) is 51.9. The number of carbonyl (C=O) groups is 3. The molecule has 0 rings (SSSR count). The maximum Gasteiger partial charge on any atom is 0.306 e. The molecule has 376 valence electrons. The highest BCUT2D eigenvalue weighted by molar-refractivity contribution is 5.71. The minimum Gasteiger partial charge on any atom is -0.462 e. The molecule has 0 radical (unpaired) electrons. The second kappa shape index (κ2) is 53.7. The molecule has 0 saturated carbocycles. The van der Waals surface area contributed by atoms with Crippen molar-refractivity contribution in [1.29, 1.82) is 0 Å². The van der Waals surface area contributed by atoms with Gasteiger partial charge in [-0.3, -0.25) is 14.4 Å². The molecule has 0 fully saturated rings. The molecule has 0 aromatic heterocycles. The fourth-order valence-electron chi connectivity index (χ4n) is 7.73. The van der Waals surface area contributed by atoms with Gasteiger partial charge in [-0.2, -0.15) is 0 Å². The van der Waals surface area contributed by atoms with Crippen LogP contribution in [0.5, 0.6) is 0 Å². The Morgan fingerprint density at radius 2 is 0.554 bits per heavy atom. The van der Waals surface area contributed by atoms with E-state index in [1.807, 2.05) is 0 Å². The molecule has 6 heteroatoms.